The number of hydrogen-bond acceptors (Lipinski definition) is 3. The molecule has 0 fully saturated rings. The Balaban J connectivity index is 2.05. The average molecular weight is 227 g/mol. The van der Waals surface area contributed by atoms with Crippen molar-refractivity contribution in [3.8, 4) is 0 Å². The molecule has 1 aromatic heterocycles. The minimum atomic E-state index is 0.687. The van der Waals surface area contributed by atoms with Gasteiger partial charge in [-0.15, -0.1) is 0 Å². The number of hydrogen-bond donors (Lipinski definition) is 2. The number of aromatic amines is 1. The largest absolute Gasteiger partial charge is 0.340 e. The van der Waals surface area contributed by atoms with Crippen LogP contribution in [0.5, 0.6) is 0 Å². The highest BCUT2D eigenvalue weighted by molar-refractivity contribution is 7.99. The van der Waals surface area contributed by atoms with E-state index < -0.39 is 0 Å². The number of rotatable bonds is 8. The van der Waals surface area contributed by atoms with Gasteiger partial charge >= 0.3 is 0 Å². The molecule has 0 aliphatic carbocycles. The van der Waals surface area contributed by atoms with Gasteiger partial charge in [-0.3, -0.25) is 0 Å². The summed E-state index contributed by atoms with van der Waals surface area (Å²) >= 11 is 1.80. The molecule has 0 saturated heterocycles. The van der Waals surface area contributed by atoms with E-state index in [0.29, 0.717) is 6.04 Å². The van der Waals surface area contributed by atoms with Crippen molar-refractivity contribution in [1.82, 2.24) is 15.3 Å². The lowest BCUT2D eigenvalue weighted by atomic mass is 10.1. The molecule has 1 rings (SSSR count). The zero-order valence-corrected chi connectivity index (χ0v) is 10.4. The van der Waals surface area contributed by atoms with E-state index in [1.54, 1.807) is 18.0 Å². The van der Waals surface area contributed by atoms with Crippen LogP contribution in [0, 0.1) is 0 Å². The molecule has 0 spiro atoms. The third-order valence-electron chi connectivity index (χ3n) is 2.39. The van der Waals surface area contributed by atoms with Gasteiger partial charge in [-0.25, -0.2) is 4.98 Å². The molecule has 0 aliphatic heterocycles. The van der Waals surface area contributed by atoms with E-state index >= 15 is 0 Å². The highest BCUT2D eigenvalue weighted by Crippen LogP contribution is 2.14. The lowest BCUT2D eigenvalue weighted by molar-refractivity contribution is 0.477. The van der Waals surface area contributed by atoms with E-state index in [1.807, 2.05) is 6.20 Å². The monoisotopic (exact) mass is 227 g/mol. The maximum absolute atomic E-state index is 4.18. The van der Waals surface area contributed by atoms with Gasteiger partial charge in [0, 0.05) is 24.2 Å². The van der Waals surface area contributed by atoms with Gasteiger partial charge in [0.05, 0.1) is 0 Å². The van der Waals surface area contributed by atoms with Crippen LogP contribution < -0.4 is 5.32 Å². The van der Waals surface area contributed by atoms with Crippen molar-refractivity contribution in [3.05, 3.63) is 12.4 Å². The maximum Gasteiger partial charge on any atom is 0.165 e. The summed E-state index contributed by atoms with van der Waals surface area (Å²) in [4.78, 5) is 7.28. The Bertz CT molecular complexity index is 236. The smallest absolute Gasteiger partial charge is 0.165 e. The fourth-order valence-corrected chi connectivity index (χ4v) is 2.36. The van der Waals surface area contributed by atoms with Gasteiger partial charge in [0.1, 0.15) is 0 Å². The predicted molar refractivity (Wildman–Crippen MR) is 66.3 cm³/mol. The van der Waals surface area contributed by atoms with E-state index in [2.05, 4.69) is 29.1 Å². The molecule has 1 atom stereocenters. The molecule has 1 unspecified atom stereocenters. The zero-order chi connectivity index (χ0) is 10.9. The number of aromatic nitrogens is 2. The van der Waals surface area contributed by atoms with Gasteiger partial charge in [0.15, 0.2) is 5.16 Å². The predicted octanol–water partition coefficient (Wildman–Crippen LogP) is 2.67. The summed E-state index contributed by atoms with van der Waals surface area (Å²) in [5.74, 6) is 1.15. The summed E-state index contributed by atoms with van der Waals surface area (Å²) in [6.45, 7) is 5.48. The Hall–Kier alpha value is -0.480. The summed E-state index contributed by atoms with van der Waals surface area (Å²) in [6.07, 6.45) is 7.40. The third kappa shape index (κ3) is 5.23. The van der Waals surface area contributed by atoms with Crippen LogP contribution in [0.15, 0.2) is 17.6 Å². The summed E-state index contributed by atoms with van der Waals surface area (Å²) in [6, 6.07) is 0.687. The van der Waals surface area contributed by atoms with Crippen LogP contribution in [-0.2, 0) is 0 Å². The quantitative estimate of drug-likeness (QED) is 0.530. The molecule has 2 N–H and O–H groups in total. The lowest BCUT2D eigenvalue weighted by Crippen LogP contribution is -2.28. The zero-order valence-electron chi connectivity index (χ0n) is 9.62. The van der Waals surface area contributed by atoms with E-state index in [0.717, 1.165) is 17.5 Å². The Kier molecular flexibility index (Phi) is 6.52. The van der Waals surface area contributed by atoms with Crippen LogP contribution in [0.3, 0.4) is 0 Å². The van der Waals surface area contributed by atoms with Gasteiger partial charge in [0.2, 0.25) is 0 Å². The average Bonchev–Trinajstić information content (AvgIpc) is 2.75. The molecule has 4 heteroatoms. The van der Waals surface area contributed by atoms with Crippen LogP contribution >= 0.6 is 11.8 Å². The van der Waals surface area contributed by atoms with Gasteiger partial charge in [-0.05, 0) is 25.8 Å². The van der Waals surface area contributed by atoms with E-state index in [1.165, 1.54) is 19.3 Å². The van der Waals surface area contributed by atoms with Crippen molar-refractivity contribution in [2.45, 2.75) is 44.3 Å². The highest BCUT2D eigenvalue weighted by Gasteiger charge is 2.03. The Morgan fingerprint density at radius 3 is 3.00 bits per heavy atom. The van der Waals surface area contributed by atoms with Gasteiger partial charge < -0.3 is 10.3 Å². The Morgan fingerprint density at radius 2 is 2.40 bits per heavy atom. The molecule has 0 amide bonds. The van der Waals surface area contributed by atoms with E-state index in [-0.39, 0.29) is 0 Å². The fraction of sp³-hybridized carbons (Fsp3) is 0.727. The first-order valence-electron chi connectivity index (χ1n) is 5.72. The minimum absolute atomic E-state index is 0.687. The van der Waals surface area contributed by atoms with Gasteiger partial charge in [-0.1, -0.05) is 25.6 Å². The summed E-state index contributed by atoms with van der Waals surface area (Å²) < 4.78 is 0. The normalized spacial score (nSPS) is 12.9. The third-order valence-corrected chi connectivity index (χ3v) is 3.38. The number of H-pyrrole nitrogens is 1. The molecule has 3 nitrogen and oxygen atoms in total. The van der Waals surface area contributed by atoms with Gasteiger partial charge in [0.25, 0.3) is 0 Å². The summed E-state index contributed by atoms with van der Waals surface area (Å²) in [5, 5.41) is 4.53. The second-order valence-corrected chi connectivity index (χ2v) is 4.63. The maximum atomic E-state index is 4.18. The topological polar surface area (TPSA) is 40.7 Å². The number of imidazole rings is 1. The van der Waals surface area contributed by atoms with Crippen molar-refractivity contribution in [1.29, 1.82) is 0 Å². The molecule has 86 valence electrons. The number of nitrogens with one attached hydrogen (secondary N) is 2. The molecule has 0 radical (unpaired) electrons. The second kappa shape index (κ2) is 7.77. The molecule has 1 aromatic rings. The van der Waals surface area contributed by atoms with Crippen molar-refractivity contribution in [2.24, 2.45) is 0 Å². The molecular weight excluding hydrogens is 206 g/mol. The first kappa shape index (κ1) is 12.6. The summed E-state index contributed by atoms with van der Waals surface area (Å²) in [5.41, 5.74) is 0. The standard InChI is InChI=1S/C11H21N3S/c1-3-10(12-4-2)6-5-9-15-11-13-7-8-14-11/h7-8,10,12H,3-6,9H2,1-2H3,(H,13,14). The molecule has 15 heavy (non-hydrogen) atoms. The van der Waals surface area contributed by atoms with Crippen LogP contribution in [0.4, 0.5) is 0 Å². The van der Waals surface area contributed by atoms with Gasteiger partial charge in [-0.2, -0.15) is 0 Å². The number of nitrogens with zero attached hydrogens (tertiary/aromatic N) is 1. The van der Waals surface area contributed by atoms with E-state index in [4.69, 9.17) is 0 Å². The first-order chi connectivity index (χ1) is 7.36. The molecule has 0 aromatic carbocycles. The molecule has 0 bridgehead atoms. The van der Waals surface area contributed by atoms with E-state index in [9.17, 15) is 0 Å². The van der Waals surface area contributed by atoms with Crippen molar-refractivity contribution < 1.29 is 0 Å². The molecule has 0 aliphatic rings. The van der Waals surface area contributed by atoms with Crippen molar-refractivity contribution in [3.63, 3.8) is 0 Å². The molecular formula is C11H21N3S. The second-order valence-electron chi connectivity index (χ2n) is 3.55. The summed E-state index contributed by atoms with van der Waals surface area (Å²) in [7, 11) is 0. The van der Waals surface area contributed by atoms with Crippen LogP contribution in [0.2, 0.25) is 0 Å². The SMILES string of the molecule is CCNC(CC)CCCSc1ncc[nH]1. The first-order valence-corrected chi connectivity index (χ1v) is 6.71. The number of thioether (sulfide) groups is 1. The van der Waals surface area contributed by atoms with Crippen LogP contribution in [-0.4, -0.2) is 28.3 Å². The lowest BCUT2D eigenvalue weighted by Gasteiger charge is -2.14. The minimum Gasteiger partial charge on any atom is -0.340 e. The highest BCUT2D eigenvalue weighted by atomic mass is 32.2. The van der Waals surface area contributed by atoms with Crippen molar-refractivity contribution >= 4 is 11.8 Å². The van der Waals surface area contributed by atoms with Crippen molar-refractivity contribution in [2.75, 3.05) is 12.3 Å². The van der Waals surface area contributed by atoms with Crippen LogP contribution in [0.25, 0.3) is 0 Å². The molecule has 1 heterocycles. The van der Waals surface area contributed by atoms with Crippen LogP contribution in [0.1, 0.15) is 33.1 Å². The Morgan fingerprint density at radius 1 is 1.53 bits per heavy atom. The molecule has 0 saturated carbocycles. The fourth-order valence-electron chi connectivity index (χ4n) is 1.57. The Labute approximate surface area is 96.5 Å².